The Hall–Kier alpha value is -2.09. The molecule has 0 unspecified atom stereocenters. The van der Waals surface area contributed by atoms with Crippen LogP contribution in [0.4, 0.5) is 18.0 Å². The van der Waals surface area contributed by atoms with Gasteiger partial charge in [-0.3, -0.25) is 4.57 Å². The lowest BCUT2D eigenvalue weighted by Crippen LogP contribution is -2.24. The number of benzene rings is 1. The first-order valence-electron chi connectivity index (χ1n) is 8.00. The van der Waals surface area contributed by atoms with Crippen molar-refractivity contribution in [1.82, 2.24) is 9.88 Å². The summed E-state index contributed by atoms with van der Waals surface area (Å²) in [6.45, 7) is 4.48. The highest BCUT2D eigenvalue weighted by molar-refractivity contribution is 7.09. The van der Waals surface area contributed by atoms with E-state index < -0.39 is 17.8 Å². The Morgan fingerprint density at radius 1 is 1.24 bits per heavy atom. The first-order valence-corrected chi connectivity index (χ1v) is 8.82. The third kappa shape index (κ3) is 5.45. The predicted molar refractivity (Wildman–Crippen MR) is 91.9 cm³/mol. The Balaban J connectivity index is 2.23. The lowest BCUT2D eigenvalue weighted by molar-refractivity contribution is -0.137. The highest BCUT2D eigenvalue weighted by Gasteiger charge is 2.30. The largest absolute Gasteiger partial charge is 0.416 e. The van der Waals surface area contributed by atoms with Crippen LogP contribution in [0.2, 0.25) is 0 Å². The molecule has 0 aliphatic carbocycles. The first kappa shape index (κ1) is 19.2. The van der Waals surface area contributed by atoms with Crippen LogP contribution in [0, 0.1) is 6.92 Å². The number of carbonyl (C=O) groups is 1. The van der Waals surface area contributed by atoms with Crippen LogP contribution in [0.3, 0.4) is 0 Å². The molecule has 1 aromatic carbocycles. The molecule has 0 bridgehead atoms. The molecule has 1 aromatic heterocycles. The molecule has 0 fully saturated rings. The zero-order chi connectivity index (χ0) is 18.4. The zero-order valence-electron chi connectivity index (χ0n) is 14.1. The molecular formula is C17H20F3N3OS. The number of carbonyl (C=O) groups excluding carboxylic acids is 1. The Labute approximate surface area is 148 Å². The van der Waals surface area contributed by atoms with Gasteiger partial charge in [-0.2, -0.15) is 18.2 Å². The molecule has 0 aliphatic heterocycles. The second-order valence-corrected chi connectivity index (χ2v) is 6.80. The lowest BCUT2D eigenvalue weighted by atomic mass is 10.2. The number of amides is 2. The summed E-state index contributed by atoms with van der Waals surface area (Å²) < 4.78 is 39.6. The number of aromatic nitrogens is 1. The van der Waals surface area contributed by atoms with E-state index in [0.717, 1.165) is 36.3 Å². The summed E-state index contributed by atoms with van der Waals surface area (Å²) >= 11 is 1.30. The van der Waals surface area contributed by atoms with Crippen LogP contribution in [0.15, 0.2) is 35.5 Å². The highest BCUT2D eigenvalue weighted by Crippen LogP contribution is 2.29. The normalized spacial score (nSPS) is 12.4. The van der Waals surface area contributed by atoms with Gasteiger partial charge in [0, 0.05) is 23.3 Å². The number of alkyl halides is 3. The van der Waals surface area contributed by atoms with Crippen molar-refractivity contribution in [2.45, 2.75) is 39.3 Å². The van der Waals surface area contributed by atoms with E-state index in [0.29, 0.717) is 17.0 Å². The van der Waals surface area contributed by atoms with Gasteiger partial charge < -0.3 is 5.32 Å². The zero-order valence-corrected chi connectivity index (χ0v) is 14.9. The van der Waals surface area contributed by atoms with Crippen molar-refractivity contribution in [2.75, 3.05) is 6.54 Å². The van der Waals surface area contributed by atoms with E-state index in [1.165, 1.54) is 23.5 Å². The predicted octanol–water partition coefficient (Wildman–Crippen LogP) is 4.67. The van der Waals surface area contributed by atoms with Gasteiger partial charge in [-0.25, -0.2) is 4.79 Å². The molecule has 2 rings (SSSR count). The van der Waals surface area contributed by atoms with Gasteiger partial charge in [-0.1, -0.05) is 19.8 Å². The molecule has 136 valence electrons. The topological polar surface area (TPSA) is 46.4 Å². The monoisotopic (exact) mass is 371 g/mol. The SMILES string of the molecule is CCCCCNC(=O)/N=c1\sc(C)cn1-c1ccc(C(F)(F)F)cc1. The van der Waals surface area contributed by atoms with E-state index in [4.69, 9.17) is 0 Å². The van der Waals surface area contributed by atoms with Crippen LogP contribution in [-0.2, 0) is 6.18 Å². The molecule has 2 aromatic rings. The van der Waals surface area contributed by atoms with Crippen LogP contribution in [0.5, 0.6) is 0 Å². The molecule has 0 saturated heterocycles. The number of halogens is 3. The molecule has 8 heteroatoms. The van der Waals surface area contributed by atoms with E-state index in [-0.39, 0.29) is 0 Å². The number of unbranched alkanes of at least 4 members (excludes halogenated alkanes) is 2. The molecule has 2 amide bonds. The molecule has 1 N–H and O–H groups in total. The van der Waals surface area contributed by atoms with Crippen LogP contribution in [0.1, 0.15) is 36.6 Å². The average Bonchev–Trinajstić information content (AvgIpc) is 2.91. The van der Waals surface area contributed by atoms with Crippen molar-refractivity contribution in [1.29, 1.82) is 0 Å². The van der Waals surface area contributed by atoms with Gasteiger partial charge in [0.05, 0.1) is 5.56 Å². The number of thiazole rings is 1. The number of rotatable bonds is 5. The Morgan fingerprint density at radius 2 is 1.92 bits per heavy atom. The van der Waals surface area contributed by atoms with Gasteiger partial charge in [0.2, 0.25) is 0 Å². The molecular weight excluding hydrogens is 351 g/mol. The molecule has 0 saturated carbocycles. The molecule has 0 radical (unpaired) electrons. The number of aryl methyl sites for hydroxylation is 1. The smallest absolute Gasteiger partial charge is 0.336 e. The first-order chi connectivity index (χ1) is 11.8. The second-order valence-electron chi connectivity index (χ2n) is 5.59. The third-order valence-corrected chi connectivity index (χ3v) is 4.39. The van der Waals surface area contributed by atoms with Crippen LogP contribution in [-0.4, -0.2) is 17.1 Å². The summed E-state index contributed by atoms with van der Waals surface area (Å²) in [5.41, 5.74) is -0.189. The van der Waals surface area contributed by atoms with Gasteiger partial charge in [0.15, 0.2) is 4.80 Å². The summed E-state index contributed by atoms with van der Waals surface area (Å²) in [5.74, 6) is 0. The summed E-state index contributed by atoms with van der Waals surface area (Å²) in [4.78, 5) is 17.3. The van der Waals surface area contributed by atoms with Crippen molar-refractivity contribution >= 4 is 17.4 Å². The summed E-state index contributed by atoms with van der Waals surface area (Å²) in [5, 5.41) is 2.72. The number of nitrogens with zero attached hydrogens (tertiary/aromatic N) is 2. The molecule has 25 heavy (non-hydrogen) atoms. The Bertz CT molecular complexity index is 776. The van der Waals surface area contributed by atoms with Gasteiger partial charge in [-0.15, -0.1) is 11.3 Å². The number of nitrogens with one attached hydrogen (secondary N) is 1. The van der Waals surface area contributed by atoms with Crippen molar-refractivity contribution in [3.05, 3.63) is 45.7 Å². The van der Waals surface area contributed by atoms with Crippen molar-refractivity contribution in [3.8, 4) is 5.69 Å². The Kier molecular flexibility index (Phi) is 6.41. The van der Waals surface area contributed by atoms with Crippen LogP contribution in [0.25, 0.3) is 5.69 Å². The standard InChI is InChI=1S/C17H20F3N3OS/c1-3-4-5-10-21-15(24)22-16-23(11-12(2)25-16)14-8-6-13(7-9-14)17(18,19)20/h6-9,11H,3-5,10H2,1-2H3,(H,21,24)/b22-16-. The fourth-order valence-electron chi connectivity index (χ4n) is 2.23. The van der Waals surface area contributed by atoms with Gasteiger partial charge in [0.25, 0.3) is 0 Å². The Morgan fingerprint density at radius 3 is 2.52 bits per heavy atom. The maximum Gasteiger partial charge on any atom is 0.416 e. The van der Waals surface area contributed by atoms with Crippen LogP contribution >= 0.6 is 11.3 Å². The van der Waals surface area contributed by atoms with E-state index >= 15 is 0 Å². The van der Waals surface area contributed by atoms with E-state index in [2.05, 4.69) is 17.2 Å². The fraction of sp³-hybridized carbons (Fsp3) is 0.412. The van der Waals surface area contributed by atoms with Crippen molar-refractivity contribution in [2.24, 2.45) is 4.99 Å². The van der Waals surface area contributed by atoms with Crippen molar-refractivity contribution < 1.29 is 18.0 Å². The van der Waals surface area contributed by atoms with Gasteiger partial charge in [-0.05, 0) is 37.6 Å². The van der Waals surface area contributed by atoms with Crippen molar-refractivity contribution in [3.63, 3.8) is 0 Å². The highest BCUT2D eigenvalue weighted by atomic mass is 32.1. The molecule has 1 heterocycles. The van der Waals surface area contributed by atoms with Gasteiger partial charge >= 0.3 is 12.2 Å². The number of hydrogen-bond acceptors (Lipinski definition) is 2. The molecule has 0 atom stereocenters. The average molecular weight is 371 g/mol. The minimum Gasteiger partial charge on any atom is -0.336 e. The quantitative estimate of drug-likeness (QED) is 0.763. The van der Waals surface area contributed by atoms with E-state index in [9.17, 15) is 18.0 Å². The maximum atomic E-state index is 12.7. The van der Waals surface area contributed by atoms with Crippen LogP contribution < -0.4 is 10.1 Å². The maximum absolute atomic E-state index is 12.7. The van der Waals surface area contributed by atoms with E-state index in [1.807, 2.05) is 6.92 Å². The summed E-state index contributed by atoms with van der Waals surface area (Å²) in [6.07, 6.45) is 0.352. The minimum absolute atomic E-state index is 0.422. The van der Waals surface area contributed by atoms with Gasteiger partial charge in [0.1, 0.15) is 0 Å². The van der Waals surface area contributed by atoms with E-state index in [1.54, 1.807) is 10.8 Å². The lowest BCUT2D eigenvalue weighted by Gasteiger charge is -2.08. The fourth-order valence-corrected chi connectivity index (χ4v) is 3.06. The number of urea groups is 1. The number of hydrogen-bond donors (Lipinski definition) is 1. The minimum atomic E-state index is -4.38. The summed E-state index contributed by atoms with van der Waals surface area (Å²) in [7, 11) is 0. The molecule has 0 spiro atoms. The second kappa shape index (κ2) is 8.33. The summed E-state index contributed by atoms with van der Waals surface area (Å²) in [6, 6.07) is 4.33. The molecule has 4 nitrogen and oxygen atoms in total. The molecule has 0 aliphatic rings. The third-order valence-electron chi connectivity index (χ3n) is 3.50.